The Labute approximate surface area is 124 Å². The van der Waals surface area contributed by atoms with E-state index in [2.05, 4.69) is 6.07 Å². The van der Waals surface area contributed by atoms with Crippen LogP contribution >= 0.6 is 0 Å². The van der Waals surface area contributed by atoms with Crippen LogP contribution in [0.2, 0.25) is 0 Å². The number of phenols is 1. The van der Waals surface area contributed by atoms with E-state index in [9.17, 15) is 15.0 Å². The highest BCUT2D eigenvalue weighted by molar-refractivity contribution is 5.78. The van der Waals surface area contributed by atoms with Crippen molar-refractivity contribution < 1.29 is 15.0 Å². The van der Waals surface area contributed by atoms with Crippen molar-refractivity contribution in [1.82, 2.24) is 0 Å². The first-order valence-electron chi connectivity index (χ1n) is 7.97. The maximum absolute atomic E-state index is 11.9. The Morgan fingerprint density at radius 1 is 1.24 bits per heavy atom. The summed E-state index contributed by atoms with van der Waals surface area (Å²) in [6.07, 6.45) is 4.74. The fourth-order valence-corrected chi connectivity index (χ4v) is 6.97. The van der Waals surface area contributed by atoms with Gasteiger partial charge >= 0.3 is 5.97 Å². The molecule has 0 saturated heterocycles. The van der Waals surface area contributed by atoms with Crippen LogP contribution in [0, 0.1) is 29.6 Å². The molecule has 0 heterocycles. The number of rotatable bonds is 2. The van der Waals surface area contributed by atoms with Crippen LogP contribution in [0.5, 0.6) is 5.75 Å². The van der Waals surface area contributed by atoms with Crippen LogP contribution < -0.4 is 0 Å². The van der Waals surface area contributed by atoms with Crippen molar-refractivity contribution >= 4 is 5.97 Å². The zero-order chi connectivity index (χ0) is 14.6. The predicted molar refractivity (Wildman–Crippen MR) is 77.1 cm³/mol. The van der Waals surface area contributed by atoms with Crippen molar-refractivity contribution in [3.8, 4) is 5.75 Å². The molecule has 21 heavy (non-hydrogen) atoms. The first-order valence-corrected chi connectivity index (χ1v) is 7.97. The lowest BCUT2D eigenvalue weighted by molar-refractivity contribution is -0.202. The Hall–Kier alpha value is -1.51. The second-order valence-electron chi connectivity index (χ2n) is 8.12. The van der Waals surface area contributed by atoms with E-state index in [0.29, 0.717) is 17.6 Å². The van der Waals surface area contributed by atoms with E-state index in [1.165, 1.54) is 6.42 Å². The maximum atomic E-state index is 11.9. The minimum absolute atomic E-state index is 0.0622. The molecular weight excluding hydrogens is 264 g/mol. The summed E-state index contributed by atoms with van der Waals surface area (Å²) < 4.78 is 0. The molecule has 2 bridgehead atoms. The highest BCUT2D eigenvalue weighted by Crippen LogP contribution is 2.89. The van der Waals surface area contributed by atoms with Crippen molar-refractivity contribution in [3.63, 3.8) is 0 Å². The van der Waals surface area contributed by atoms with E-state index in [1.807, 2.05) is 13.0 Å². The van der Waals surface area contributed by atoms with Crippen LogP contribution in [0.15, 0.2) is 18.2 Å². The molecule has 5 unspecified atom stereocenters. The first-order chi connectivity index (χ1) is 9.93. The summed E-state index contributed by atoms with van der Waals surface area (Å²) in [6.45, 7) is 2.05. The Morgan fingerprint density at radius 2 is 2.00 bits per heavy atom. The standard InChI is InChI=1S/C18H20O3/c1-10-2-3-14(19)13(4-10)17-7-12-5-11-6-16(8-17,15(20)21)9-18(11,12)17/h2-4,11-12,19H,5-9H2,1H3,(H,20,21). The SMILES string of the molecule is Cc1ccc(O)c(C23CC4CC5CC(C(=O)O)(C2)CC543)c1. The molecule has 5 rings (SSSR count). The molecule has 1 spiro atoms. The molecule has 3 heteroatoms. The number of carboxylic acid groups (broad SMARTS) is 1. The molecule has 3 nitrogen and oxygen atoms in total. The summed E-state index contributed by atoms with van der Waals surface area (Å²) >= 11 is 0. The van der Waals surface area contributed by atoms with Gasteiger partial charge in [0.2, 0.25) is 0 Å². The molecule has 1 aromatic rings. The molecule has 4 fully saturated rings. The highest BCUT2D eigenvalue weighted by atomic mass is 16.4. The summed E-state index contributed by atoms with van der Waals surface area (Å²) in [5, 5.41) is 20.2. The largest absolute Gasteiger partial charge is 0.508 e. The van der Waals surface area contributed by atoms with Gasteiger partial charge in [-0.05, 0) is 62.3 Å². The van der Waals surface area contributed by atoms with Crippen molar-refractivity contribution in [3.05, 3.63) is 29.3 Å². The van der Waals surface area contributed by atoms with Crippen molar-refractivity contribution in [2.24, 2.45) is 22.7 Å². The number of aryl methyl sites for hydroxylation is 1. The Kier molecular flexibility index (Phi) is 1.80. The van der Waals surface area contributed by atoms with E-state index < -0.39 is 11.4 Å². The number of phenolic OH excluding ortho intramolecular Hbond substituents is 1. The molecule has 5 atom stereocenters. The molecule has 1 aromatic carbocycles. The van der Waals surface area contributed by atoms with Gasteiger partial charge < -0.3 is 10.2 Å². The van der Waals surface area contributed by atoms with Crippen LogP contribution in [-0.4, -0.2) is 16.2 Å². The average molecular weight is 284 g/mol. The molecular formula is C18H20O3. The third-order valence-corrected chi connectivity index (χ3v) is 7.54. The normalized spacial score (nSPS) is 48.4. The van der Waals surface area contributed by atoms with Crippen LogP contribution in [0.25, 0.3) is 0 Å². The van der Waals surface area contributed by atoms with Gasteiger partial charge in [-0.2, -0.15) is 0 Å². The zero-order valence-corrected chi connectivity index (χ0v) is 12.2. The number of aromatic hydroxyl groups is 1. The topological polar surface area (TPSA) is 57.5 Å². The molecule has 4 saturated carbocycles. The van der Waals surface area contributed by atoms with E-state index in [0.717, 1.165) is 36.8 Å². The van der Waals surface area contributed by atoms with Gasteiger partial charge in [-0.15, -0.1) is 0 Å². The summed E-state index contributed by atoms with van der Waals surface area (Å²) in [7, 11) is 0. The van der Waals surface area contributed by atoms with Gasteiger partial charge in [0.05, 0.1) is 5.41 Å². The van der Waals surface area contributed by atoms with Crippen LogP contribution in [-0.2, 0) is 10.2 Å². The maximum Gasteiger partial charge on any atom is 0.309 e. The van der Waals surface area contributed by atoms with E-state index >= 15 is 0 Å². The number of benzene rings is 1. The highest BCUT2D eigenvalue weighted by Gasteiger charge is 2.85. The van der Waals surface area contributed by atoms with E-state index in [-0.39, 0.29) is 10.8 Å². The molecule has 2 N–H and O–H groups in total. The first kappa shape index (κ1) is 12.1. The van der Waals surface area contributed by atoms with Crippen molar-refractivity contribution in [2.75, 3.05) is 0 Å². The Morgan fingerprint density at radius 3 is 2.71 bits per heavy atom. The minimum atomic E-state index is -0.606. The molecule has 4 aliphatic carbocycles. The molecule has 0 amide bonds. The summed E-state index contributed by atoms with van der Waals surface area (Å²) in [5.41, 5.74) is 1.79. The number of carbonyl (C=O) groups is 1. The van der Waals surface area contributed by atoms with Crippen LogP contribution in [0.4, 0.5) is 0 Å². The Bertz CT molecular complexity index is 696. The third-order valence-electron chi connectivity index (χ3n) is 7.54. The fraction of sp³-hybridized carbons (Fsp3) is 0.611. The molecule has 110 valence electrons. The smallest absolute Gasteiger partial charge is 0.309 e. The number of aliphatic carboxylic acids is 1. The molecule has 0 aromatic heterocycles. The summed E-state index contributed by atoms with van der Waals surface area (Å²) in [6, 6.07) is 5.82. The molecule has 0 radical (unpaired) electrons. The third kappa shape index (κ3) is 1.01. The van der Waals surface area contributed by atoms with Gasteiger partial charge in [0, 0.05) is 11.0 Å². The van der Waals surface area contributed by atoms with Gasteiger partial charge in [-0.1, -0.05) is 17.7 Å². The molecule has 0 aliphatic heterocycles. The monoisotopic (exact) mass is 284 g/mol. The van der Waals surface area contributed by atoms with Crippen molar-refractivity contribution in [1.29, 1.82) is 0 Å². The number of hydrogen-bond donors (Lipinski definition) is 2. The number of fused-ring (bicyclic) bond motifs is 1. The number of carboxylic acids is 1. The van der Waals surface area contributed by atoms with E-state index in [1.54, 1.807) is 6.07 Å². The van der Waals surface area contributed by atoms with Crippen LogP contribution in [0.3, 0.4) is 0 Å². The lowest BCUT2D eigenvalue weighted by Gasteiger charge is -2.73. The van der Waals surface area contributed by atoms with Gasteiger partial charge in [-0.3, -0.25) is 4.79 Å². The fourth-order valence-electron chi connectivity index (χ4n) is 6.97. The van der Waals surface area contributed by atoms with E-state index in [4.69, 9.17) is 0 Å². The second-order valence-corrected chi connectivity index (χ2v) is 8.12. The quantitative estimate of drug-likeness (QED) is 0.876. The van der Waals surface area contributed by atoms with Gasteiger partial charge in [-0.25, -0.2) is 0 Å². The van der Waals surface area contributed by atoms with Gasteiger partial charge in [0.1, 0.15) is 5.75 Å². The lowest BCUT2D eigenvalue weighted by atomic mass is 9.30. The molecule has 4 aliphatic rings. The van der Waals surface area contributed by atoms with Crippen molar-refractivity contribution in [2.45, 2.75) is 44.4 Å². The van der Waals surface area contributed by atoms with Gasteiger partial charge in [0.15, 0.2) is 0 Å². The Balaban J connectivity index is 1.71. The zero-order valence-electron chi connectivity index (χ0n) is 12.2. The predicted octanol–water partition coefficient (Wildman–Crippen LogP) is 3.23. The minimum Gasteiger partial charge on any atom is -0.508 e. The van der Waals surface area contributed by atoms with Gasteiger partial charge in [0.25, 0.3) is 0 Å². The summed E-state index contributed by atoms with van der Waals surface area (Å²) in [5.74, 6) is 1.03. The number of hydrogen-bond acceptors (Lipinski definition) is 2. The van der Waals surface area contributed by atoms with Crippen LogP contribution in [0.1, 0.15) is 43.2 Å². The lowest BCUT2D eigenvalue weighted by Crippen LogP contribution is -2.69. The second kappa shape index (κ2) is 3.13. The summed E-state index contributed by atoms with van der Waals surface area (Å²) in [4.78, 5) is 11.9. The average Bonchev–Trinajstić information content (AvgIpc) is 2.87.